The largest absolute Gasteiger partial charge is 0.489 e. The van der Waals surface area contributed by atoms with Gasteiger partial charge in [-0.2, -0.15) is 0 Å². The van der Waals surface area contributed by atoms with E-state index in [1.807, 2.05) is 13.8 Å². The second-order valence-electron chi connectivity index (χ2n) is 4.78. The van der Waals surface area contributed by atoms with Crippen LogP contribution in [-0.4, -0.2) is 29.3 Å². The van der Waals surface area contributed by atoms with Crippen molar-refractivity contribution in [3.8, 4) is 11.6 Å². The SMILES string of the molecule is COc1cc(C2(C(=O)O)CC2)c(OC(C)C)cn1. The first-order valence-corrected chi connectivity index (χ1v) is 5.94. The van der Waals surface area contributed by atoms with Gasteiger partial charge >= 0.3 is 5.97 Å². The van der Waals surface area contributed by atoms with Gasteiger partial charge in [0.1, 0.15) is 5.75 Å². The zero-order chi connectivity index (χ0) is 13.3. The third kappa shape index (κ3) is 2.12. The second-order valence-corrected chi connectivity index (χ2v) is 4.78. The van der Waals surface area contributed by atoms with Crippen molar-refractivity contribution in [2.45, 2.75) is 38.2 Å². The van der Waals surface area contributed by atoms with Gasteiger partial charge in [-0.05, 0) is 26.7 Å². The number of rotatable bonds is 5. The summed E-state index contributed by atoms with van der Waals surface area (Å²) in [5.41, 5.74) is -0.156. The lowest BCUT2D eigenvalue weighted by atomic mass is 9.96. The number of carboxylic acids is 1. The summed E-state index contributed by atoms with van der Waals surface area (Å²) in [5.74, 6) is 0.128. The Morgan fingerprint density at radius 1 is 1.50 bits per heavy atom. The Kier molecular flexibility index (Phi) is 3.15. The second kappa shape index (κ2) is 4.48. The van der Waals surface area contributed by atoms with Crippen LogP contribution in [0.1, 0.15) is 32.3 Å². The van der Waals surface area contributed by atoms with Gasteiger partial charge < -0.3 is 14.6 Å². The molecule has 18 heavy (non-hydrogen) atoms. The van der Waals surface area contributed by atoms with Gasteiger partial charge in [0.15, 0.2) is 0 Å². The molecule has 0 unspecified atom stereocenters. The van der Waals surface area contributed by atoms with Gasteiger partial charge in [0, 0.05) is 11.6 Å². The lowest BCUT2D eigenvalue weighted by Gasteiger charge is -2.18. The summed E-state index contributed by atoms with van der Waals surface area (Å²) in [4.78, 5) is 15.5. The number of pyridine rings is 1. The van der Waals surface area contributed by atoms with Crippen LogP contribution in [0.25, 0.3) is 0 Å². The summed E-state index contributed by atoms with van der Waals surface area (Å²) < 4.78 is 10.7. The van der Waals surface area contributed by atoms with Crippen LogP contribution in [0.3, 0.4) is 0 Å². The molecule has 1 heterocycles. The van der Waals surface area contributed by atoms with Crippen molar-refractivity contribution in [2.24, 2.45) is 0 Å². The molecule has 0 saturated heterocycles. The molecule has 1 saturated carbocycles. The maximum atomic E-state index is 11.4. The summed E-state index contributed by atoms with van der Waals surface area (Å²) in [6.45, 7) is 3.79. The van der Waals surface area contributed by atoms with Gasteiger partial charge in [-0.3, -0.25) is 4.79 Å². The zero-order valence-electron chi connectivity index (χ0n) is 10.8. The van der Waals surface area contributed by atoms with Crippen molar-refractivity contribution in [2.75, 3.05) is 7.11 Å². The highest BCUT2D eigenvalue weighted by Gasteiger charge is 2.53. The first-order chi connectivity index (χ1) is 8.49. The number of aromatic nitrogens is 1. The zero-order valence-corrected chi connectivity index (χ0v) is 10.8. The number of carbonyl (C=O) groups is 1. The molecule has 5 nitrogen and oxygen atoms in total. The molecule has 0 aliphatic heterocycles. The maximum absolute atomic E-state index is 11.4. The third-order valence-electron chi connectivity index (χ3n) is 3.09. The number of nitrogens with zero attached hydrogens (tertiary/aromatic N) is 1. The molecule has 98 valence electrons. The van der Waals surface area contributed by atoms with Crippen LogP contribution >= 0.6 is 0 Å². The van der Waals surface area contributed by atoms with Crippen molar-refractivity contribution in [1.82, 2.24) is 4.98 Å². The molecule has 5 heteroatoms. The topological polar surface area (TPSA) is 68.7 Å². The van der Waals surface area contributed by atoms with Gasteiger partial charge in [-0.15, -0.1) is 0 Å². The number of hydrogen-bond donors (Lipinski definition) is 1. The van der Waals surface area contributed by atoms with E-state index < -0.39 is 11.4 Å². The van der Waals surface area contributed by atoms with E-state index in [9.17, 15) is 9.90 Å². The van der Waals surface area contributed by atoms with E-state index in [1.54, 1.807) is 6.07 Å². The van der Waals surface area contributed by atoms with E-state index in [-0.39, 0.29) is 6.10 Å². The van der Waals surface area contributed by atoms with Crippen molar-refractivity contribution >= 4 is 5.97 Å². The molecule has 0 aromatic carbocycles. The summed E-state index contributed by atoms with van der Waals surface area (Å²) in [7, 11) is 1.51. The molecule has 0 bridgehead atoms. The van der Waals surface area contributed by atoms with E-state index in [0.29, 0.717) is 30.0 Å². The highest BCUT2D eigenvalue weighted by atomic mass is 16.5. The molecule has 0 amide bonds. The Morgan fingerprint density at radius 2 is 2.17 bits per heavy atom. The molecule has 1 fully saturated rings. The van der Waals surface area contributed by atoms with E-state index in [1.165, 1.54) is 13.3 Å². The fourth-order valence-electron chi connectivity index (χ4n) is 1.98. The van der Waals surface area contributed by atoms with Crippen LogP contribution in [0.4, 0.5) is 0 Å². The smallest absolute Gasteiger partial charge is 0.314 e. The average molecular weight is 251 g/mol. The Bertz CT molecular complexity index is 466. The van der Waals surface area contributed by atoms with Gasteiger partial charge in [0.05, 0.1) is 24.8 Å². The highest BCUT2D eigenvalue weighted by Crippen LogP contribution is 2.52. The first kappa shape index (κ1) is 12.7. The summed E-state index contributed by atoms with van der Waals surface area (Å²) in [5, 5.41) is 9.36. The summed E-state index contributed by atoms with van der Waals surface area (Å²) in [6.07, 6.45) is 2.77. The number of hydrogen-bond acceptors (Lipinski definition) is 4. The van der Waals surface area contributed by atoms with Crippen molar-refractivity contribution in [1.29, 1.82) is 0 Å². The Morgan fingerprint density at radius 3 is 2.61 bits per heavy atom. The normalized spacial score (nSPS) is 16.4. The average Bonchev–Trinajstić information content (AvgIpc) is 3.10. The molecule has 1 aliphatic rings. The van der Waals surface area contributed by atoms with Crippen molar-refractivity contribution in [3.63, 3.8) is 0 Å². The van der Waals surface area contributed by atoms with Crippen molar-refractivity contribution in [3.05, 3.63) is 17.8 Å². The number of carboxylic acid groups (broad SMARTS) is 1. The fraction of sp³-hybridized carbons (Fsp3) is 0.538. The molecule has 0 atom stereocenters. The molecular formula is C13H17NO4. The van der Waals surface area contributed by atoms with E-state index >= 15 is 0 Å². The van der Waals surface area contributed by atoms with Gasteiger partial charge in [0.2, 0.25) is 5.88 Å². The lowest BCUT2D eigenvalue weighted by molar-refractivity contribution is -0.140. The standard InChI is InChI=1S/C13H17NO4/c1-8(2)18-10-7-14-11(17-3)6-9(10)13(4-5-13)12(15)16/h6-8H,4-5H2,1-3H3,(H,15,16). The van der Waals surface area contributed by atoms with E-state index in [0.717, 1.165) is 0 Å². The van der Waals surface area contributed by atoms with Gasteiger partial charge in [-0.1, -0.05) is 0 Å². The van der Waals surface area contributed by atoms with Crippen LogP contribution in [0.2, 0.25) is 0 Å². The minimum atomic E-state index is -0.819. The molecule has 1 aliphatic carbocycles. The van der Waals surface area contributed by atoms with E-state index in [4.69, 9.17) is 9.47 Å². The molecule has 1 aromatic heterocycles. The quantitative estimate of drug-likeness (QED) is 0.866. The molecule has 1 N–H and O–H groups in total. The maximum Gasteiger partial charge on any atom is 0.314 e. The lowest BCUT2D eigenvalue weighted by Crippen LogP contribution is -2.22. The predicted octanol–water partition coefficient (Wildman–Crippen LogP) is 1.99. The molecule has 0 spiro atoms. The Labute approximate surface area is 106 Å². The molecular weight excluding hydrogens is 234 g/mol. The number of methoxy groups -OCH3 is 1. The van der Waals surface area contributed by atoms with Crippen LogP contribution in [0.5, 0.6) is 11.6 Å². The molecule has 0 radical (unpaired) electrons. The van der Waals surface area contributed by atoms with Crippen LogP contribution in [0, 0.1) is 0 Å². The number of aliphatic carboxylic acids is 1. The van der Waals surface area contributed by atoms with Crippen LogP contribution < -0.4 is 9.47 Å². The van der Waals surface area contributed by atoms with Crippen LogP contribution in [0.15, 0.2) is 12.3 Å². The fourth-order valence-corrected chi connectivity index (χ4v) is 1.98. The highest BCUT2D eigenvalue weighted by molar-refractivity contribution is 5.86. The van der Waals surface area contributed by atoms with Gasteiger partial charge in [0.25, 0.3) is 0 Å². The monoisotopic (exact) mass is 251 g/mol. The Hall–Kier alpha value is -1.78. The number of ether oxygens (including phenoxy) is 2. The summed E-state index contributed by atoms with van der Waals surface area (Å²) >= 11 is 0. The predicted molar refractivity (Wildman–Crippen MR) is 65.1 cm³/mol. The van der Waals surface area contributed by atoms with Crippen molar-refractivity contribution < 1.29 is 19.4 Å². The minimum absolute atomic E-state index is 0.0245. The third-order valence-corrected chi connectivity index (χ3v) is 3.09. The molecule has 2 rings (SSSR count). The minimum Gasteiger partial charge on any atom is -0.489 e. The summed E-state index contributed by atoms with van der Waals surface area (Å²) in [6, 6.07) is 1.67. The van der Waals surface area contributed by atoms with Gasteiger partial charge in [-0.25, -0.2) is 4.98 Å². The van der Waals surface area contributed by atoms with Crippen LogP contribution in [-0.2, 0) is 10.2 Å². The van der Waals surface area contributed by atoms with E-state index in [2.05, 4.69) is 4.98 Å². The molecule has 1 aromatic rings. The Balaban J connectivity index is 2.45. The first-order valence-electron chi connectivity index (χ1n) is 5.94.